The number of halogens is 1. The number of para-hydroxylation sites is 1. The number of carbonyl (C=O) groups excluding carboxylic acids is 1. The minimum atomic E-state index is -0.520. The Kier molecular flexibility index (Phi) is 5.03. The Labute approximate surface area is 178 Å². The Balaban J connectivity index is 1.51. The van der Waals surface area contributed by atoms with Crippen molar-refractivity contribution in [2.24, 2.45) is 0 Å². The molecule has 0 aliphatic heterocycles. The molecular weight excluding hydrogens is 397 g/mol. The third kappa shape index (κ3) is 3.72. The van der Waals surface area contributed by atoms with Gasteiger partial charge in [-0.05, 0) is 37.1 Å². The minimum absolute atomic E-state index is 0.0905. The molecule has 0 atom stereocenters. The molecule has 0 bridgehead atoms. The second-order valence-electron chi connectivity index (χ2n) is 7.51. The standard InChI is InChI=1S/C23H20FN5O2/c24-17-7-3-4-8-18(17)28-23(30)20-10-9-19(31-20)22-21(15-11-25-13-26-12-15)27-14-29(22)16-5-1-2-6-16/h3-4,7-14,16H,1-2,5-6H2,(H,28,30). The van der Waals surface area contributed by atoms with Crippen LogP contribution in [-0.4, -0.2) is 25.4 Å². The number of hydrogen-bond acceptors (Lipinski definition) is 5. The van der Waals surface area contributed by atoms with E-state index in [1.54, 1.807) is 36.7 Å². The van der Waals surface area contributed by atoms with Gasteiger partial charge in [-0.2, -0.15) is 0 Å². The molecule has 156 valence electrons. The number of rotatable bonds is 5. The van der Waals surface area contributed by atoms with E-state index in [1.165, 1.54) is 31.3 Å². The lowest BCUT2D eigenvalue weighted by Crippen LogP contribution is -2.12. The van der Waals surface area contributed by atoms with E-state index in [-0.39, 0.29) is 11.4 Å². The van der Waals surface area contributed by atoms with Crippen molar-refractivity contribution >= 4 is 11.6 Å². The van der Waals surface area contributed by atoms with Crippen molar-refractivity contribution in [3.8, 4) is 22.7 Å². The van der Waals surface area contributed by atoms with E-state index in [9.17, 15) is 9.18 Å². The van der Waals surface area contributed by atoms with Gasteiger partial charge in [0, 0.05) is 24.0 Å². The molecule has 1 aromatic carbocycles. The highest BCUT2D eigenvalue weighted by molar-refractivity contribution is 6.02. The molecule has 0 radical (unpaired) electrons. The van der Waals surface area contributed by atoms with Crippen molar-refractivity contribution < 1.29 is 13.6 Å². The van der Waals surface area contributed by atoms with Crippen LogP contribution in [0.5, 0.6) is 0 Å². The van der Waals surface area contributed by atoms with E-state index >= 15 is 0 Å². The van der Waals surface area contributed by atoms with Gasteiger partial charge in [0.15, 0.2) is 11.5 Å². The van der Waals surface area contributed by atoms with Crippen LogP contribution in [0.2, 0.25) is 0 Å². The zero-order chi connectivity index (χ0) is 21.2. The van der Waals surface area contributed by atoms with Crippen molar-refractivity contribution in [3.05, 3.63) is 73.0 Å². The van der Waals surface area contributed by atoms with Crippen LogP contribution in [0.3, 0.4) is 0 Å². The molecule has 0 saturated heterocycles. The fraction of sp³-hybridized carbons (Fsp3) is 0.217. The summed E-state index contributed by atoms with van der Waals surface area (Å²) in [6, 6.07) is 9.66. The lowest BCUT2D eigenvalue weighted by molar-refractivity contribution is 0.0997. The zero-order valence-corrected chi connectivity index (χ0v) is 16.7. The molecule has 3 heterocycles. The van der Waals surface area contributed by atoms with Crippen LogP contribution >= 0.6 is 0 Å². The Hall–Kier alpha value is -3.81. The molecule has 7 nitrogen and oxygen atoms in total. The molecule has 31 heavy (non-hydrogen) atoms. The molecule has 1 aliphatic carbocycles. The van der Waals surface area contributed by atoms with Gasteiger partial charge in [-0.25, -0.2) is 19.3 Å². The van der Waals surface area contributed by atoms with Crippen molar-refractivity contribution in [2.75, 3.05) is 5.32 Å². The van der Waals surface area contributed by atoms with Crippen LogP contribution in [0.1, 0.15) is 42.3 Å². The van der Waals surface area contributed by atoms with Gasteiger partial charge in [0.05, 0.1) is 12.0 Å². The van der Waals surface area contributed by atoms with Gasteiger partial charge in [0.2, 0.25) is 0 Å². The quantitative estimate of drug-likeness (QED) is 0.488. The van der Waals surface area contributed by atoms with E-state index in [4.69, 9.17) is 4.42 Å². The molecule has 1 fully saturated rings. The van der Waals surface area contributed by atoms with Crippen LogP contribution in [0.15, 0.2) is 65.9 Å². The SMILES string of the molecule is O=C(Nc1ccccc1F)c1ccc(-c2c(-c3cncnc3)ncn2C2CCCC2)o1. The minimum Gasteiger partial charge on any atom is -0.449 e. The first-order chi connectivity index (χ1) is 15.2. The number of amides is 1. The number of aromatic nitrogens is 4. The molecule has 0 unspecified atom stereocenters. The number of benzene rings is 1. The first kappa shape index (κ1) is 19.2. The molecule has 3 aromatic heterocycles. The van der Waals surface area contributed by atoms with E-state index < -0.39 is 11.7 Å². The van der Waals surface area contributed by atoms with Gasteiger partial charge >= 0.3 is 0 Å². The van der Waals surface area contributed by atoms with Crippen molar-refractivity contribution in [1.82, 2.24) is 19.5 Å². The number of carbonyl (C=O) groups is 1. The van der Waals surface area contributed by atoms with Gasteiger partial charge in [-0.1, -0.05) is 25.0 Å². The molecule has 0 spiro atoms. The predicted molar refractivity (Wildman–Crippen MR) is 113 cm³/mol. The molecule has 8 heteroatoms. The third-order valence-electron chi connectivity index (χ3n) is 5.53. The number of hydrogen-bond donors (Lipinski definition) is 1. The lowest BCUT2D eigenvalue weighted by Gasteiger charge is -2.15. The molecule has 1 N–H and O–H groups in total. The average molecular weight is 417 g/mol. The highest BCUT2D eigenvalue weighted by atomic mass is 19.1. The summed E-state index contributed by atoms with van der Waals surface area (Å²) in [5.74, 6) is -0.421. The smallest absolute Gasteiger partial charge is 0.291 e. The number of nitrogens with zero attached hydrogens (tertiary/aromatic N) is 4. The fourth-order valence-electron chi connectivity index (χ4n) is 4.03. The lowest BCUT2D eigenvalue weighted by atomic mass is 10.1. The second-order valence-corrected chi connectivity index (χ2v) is 7.51. The summed E-state index contributed by atoms with van der Waals surface area (Å²) in [6.45, 7) is 0. The van der Waals surface area contributed by atoms with Crippen LogP contribution in [0, 0.1) is 5.82 Å². The van der Waals surface area contributed by atoms with E-state index in [2.05, 4.69) is 24.8 Å². The number of furan rings is 1. The van der Waals surface area contributed by atoms with Crippen molar-refractivity contribution in [2.45, 2.75) is 31.7 Å². The number of nitrogens with one attached hydrogen (secondary N) is 1. The van der Waals surface area contributed by atoms with Gasteiger partial charge in [-0.15, -0.1) is 0 Å². The summed E-state index contributed by atoms with van der Waals surface area (Å²) in [5.41, 5.74) is 2.35. The summed E-state index contributed by atoms with van der Waals surface area (Å²) in [5, 5.41) is 2.55. The number of imidazole rings is 1. The van der Waals surface area contributed by atoms with Crippen LogP contribution in [0.4, 0.5) is 10.1 Å². The molecule has 1 saturated carbocycles. The van der Waals surface area contributed by atoms with Crippen LogP contribution < -0.4 is 5.32 Å². The summed E-state index contributed by atoms with van der Waals surface area (Å²) in [6.07, 6.45) is 11.1. The van der Waals surface area contributed by atoms with E-state index in [1.807, 2.05) is 6.33 Å². The summed E-state index contributed by atoms with van der Waals surface area (Å²) in [4.78, 5) is 25.4. The third-order valence-corrected chi connectivity index (χ3v) is 5.53. The maximum atomic E-state index is 13.9. The molecule has 4 aromatic rings. The molecular formula is C23H20FN5O2. The average Bonchev–Trinajstić information content (AvgIpc) is 3.55. The summed E-state index contributed by atoms with van der Waals surface area (Å²) < 4.78 is 21.9. The van der Waals surface area contributed by atoms with Gasteiger partial charge < -0.3 is 14.3 Å². The Morgan fingerprint density at radius 1 is 1.10 bits per heavy atom. The van der Waals surface area contributed by atoms with Gasteiger partial charge in [0.25, 0.3) is 5.91 Å². The topological polar surface area (TPSA) is 85.8 Å². The summed E-state index contributed by atoms with van der Waals surface area (Å²) >= 11 is 0. The van der Waals surface area contributed by atoms with Crippen LogP contribution in [0.25, 0.3) is 22.7 Å². The summed E-state index contributed by atoms with van der Waals surface area (Å²) in [7, 11) is 0. The van der Waals surface area contributed by atoms with E-state index in [0.29, 0.717) is 17.5 Å². The first-order valence-electron chi connectivity index (χ1n) is 10.2. The largest absolute Gasteiger partial charge is 0.449 e. The second kappa shape index (κ2) is 8.14. The predicted octanol–water partition coefficient (Wildman–Crippen LogP) is 5.11. The Morgan fingerprint density at radius 2 is 1.87 bits per heavy atom. The van der Waals surface area contributed by atoms with Crippen molar-refractivity contribution in [3.63, 3.8) is 0 Å². The van der Waals surface area contributed by atoms with Crippen LogP contribution in [-0.2, 0) is 0 Å². The zero-order valence-electron chi connectivity index (χ0n) is 16.7. The maximum Gasteiger partial charge on any atom is 0.291 e. The maximum absolute atomic E-state index is 13.9. The van der Waals surface area contributed by atoms with Gasteiger partial charge in [-0.3, -0.25) is 4.79 Å². The number of anilines is 1. The molecule has 1 aliphatic rings. The normalized spacial score (nSPS) is 14.1. The Bertz CT molecular complexity index is 1210. The van der Waals surface area contributed by atoms with Gasteiger partial charge in [0.1, 0.15) is 23.5 Å². The Morgan fingerprint density at radius 3 is 2.65 bits per heavy atom. The molecule has 5 rings (SSSR count). The van der Waals surface area contributed by atoms with E-state index in [0.717, 1.165) is 24.1 Å². The highest BCUT2D eigenvalue weighted by Gasteiger charge is 2.26. The first-order valence-corrected chi connectivity index (χ1v) is 10.2. The highest BCUT2D eigenvalue weighted by Crippen LogP contribution is 2.38. The monoisotopic (exact) mass is 417 g/mol. The fourth-order valence-corrected chi connectivity index (χ4v) is 4.03. The van der Waals surface area contributed by atoms with Crippen molar-refractivity contribution in [1.29, 1.82) is 0 Å². The molecule has 1 amide bonds.